The molecule has 4 nitrogen and oxygen atoms in total. The number of hydrogen-bond acceptors (Lipinski definition) is 4. The molecule has 2 rings (SSSR count). The summed E-state index contributed by atoms with van der Waals surface area (Å²) < 4.78 is 13.1. The normalized spacial score (nSPS) is 10.6. The first-order chi connectivity index (χ1) is 9.69. The molecule has 5 heteroatoms. The Labute approximate surface area is 118 Å². The molecule has 20 heavy (non-hydrogen) atoms. The van der Waals surface area contributed by atoms with Gasteiger partial charge in [0.15, 0.2) is 0 Å². The number of nitrogens with one attached hydrogen (secondary N) is 1. The van der Waals surface area contributed by atoms with Crippen molar-refractivity contribution in [2.24, 2.45) is 0 Å². The van der Waals surface area contributed by atoms with Crippen LogP contribution in [0.4, 0.5) is 10.3 Å². The third kappa shape index (κ3) is 3.99. The van der Waals surface area contributed by atoms with Crippen molar-refractivity contribution in [2.75, 3.05) is 18.5 Å². The summed E-state index contributed by atoms with van der Waals surface area (Å²) >= 11 is 0. The van der Waals surface area contributed by atoms with E-state index < -0.39 is 0 Å². The van der Waals surface area contributed by atoms with E-state index in [4.69, 9.17) is 0 Å². The van der Waals surface area contributed by atoms with Crippen LogP contribution in [0, 0.1) is 5.82 Å². The minimum absolute atomic E-state index is 0.224. The molecule has 0 fully saturated rings. The quantitative estimate of drug-likeness (QED) is 0.878. The lowest BCUT2D eigenvalue weighted by molar-refractivity contribution is 0.625. The zero-order chi connectivity index (χ0) is 14.4. The second kappa shape index (κ2) is 6.96. The third-order valence-electron chi connectivity index (χ3n) is 2.92. The highest BCUT2D eigenvalue weighted by Gasteiger charge is 2.06. The van der Waals surface area contributed by atoms with Gasteiger partial charge in [-0.3, -0.25) is 0 Å². The van der Waals surface area contributed by atoms with Gasteiger partial charge in [0, 0.05) is 38.1 Å². The summed E-state index contributed by atoms with van der Waals surface area (Å²) in [6.07, 6.45) is 3.63. The Kier molecular flexibility index (Phi) is 5.01. The van der Waals surface area contributed by atoms with Gasteiger partial charge in [-0.05, 0) is 24.2 Å². The Hall–Kier alpha value is -2.01. The van der Waals surface area contributed by atoms with Crippen LogP contribution in [0.25, 0.3) is 0 Å². The summed E-state index contributed by atoms with van der Waals surface area (Å²) in [6.45, 7) is 4.32. The van der Waals surface area contributed by atoms with E-state index in [1.807, 2.05) is 30.4 Å². The van der Waals surface area contributed by atoms with E-state index in [1.54, 1.807) is 6.07 Å². The molecule has 0 radical (unpaired) electrons. The summed E-state index contributed by atoms with van der Waals surface area (Å²) in [4.78, 5) is 10.6. The smallest absolute Gasteiger partial charge is 0.225 e. The van der Waals surface area contributed by atoms with Gasteiger partial charge < -0.3 is 10.2 Å². The lowest BCUT2D eigenvalue weighted by atomic mass is 10.2. The highest BCUT2D eigenvalue weighted by molar-refractivity contribution is 5.31. The second-order valence-electron chi connectivity index (χ2n) is 4.66. The van der Waals surface area contributed by atoms with E-state index in [9.17, 15) is 4.39 Å². The molecule has 2 aromatic rings. The van der Waals surface area contributed by atoms with E-state index >= 15 is 0 Å². The van der Waals surface area contributed by atoms with E-state index in [2.05, 4.69) is 22.2 Å². The van der Waals surface area contributed by atoms with Gasteiger partial charge in [0.25, 0.3) is 0 Å². The largest absolute Gasteiger partial charge is 0.340 e. The van der Waals surface area contributed by atoms with E-state index in [1.165, 1.54) is 12.1 Å². The van der Waals surface area contributed by atoms with Crippen LogP contribution in [0.5, 0.6) is 0 Å². The highest BCUT2D eigenvalue weighted by atomic mass is 19.1. The first-order valence-corrected chi connectivity index (χ1v) is 6.66. The number of aromatic nitrogens is 2. The average molecular weight is 274 g/mol. The Morgan fingerprint density at radius 1 is 1.20 bits per heavy atom. The molecule has 0 saturated carbocycles. The maximum atomic E-state index is 13.1. The van der Waals surface area contributed by atoms with Crippen molar-refractivity contribution in [2.45, 2.75) is 20.0 Å². The Balaban J connectivity index is 2.00. The van der Waals surface area contributed by atoms with Crippen LogP contribution in [0.1, 0.15) is 18.1 Å². The maximum absolute atomic E-state index is 13.1. The predicted molar refractivity (Wildman–Crippen MR) is 77.9 cm³/mol. The van der Waals surface area contributed by atoms with Crippen LogP contribution < -0.4 is 10.2 Å². The Morgan fingerprint density at radius 2 is 1.95 bits per heavy atom. The standard InChI is InChI=1S/C15H19FN4/c1-3-17-8-13-9-18-15(19-10-13)20(2)11-12-5-4-6-14(16)7-12/h4-7,9-10,17H,3,8,11H2,1-2H3. The molecule has 0 aliphatic rings. The molecule has 0 aliphatic heterocycles. The van der Waals surface area contributed by atoms with Crippen molar-refractivity contribution in [1.82, 2.24) is 15.3 Å². The van der Waals surface area contributed by atoms with Gasteiger partial charge in [-0.2, -0.15) is 0 Å². The third-order valence-corrected chi connectivity index (χ3v) is 2.92. The maximum Gasteiger partial charge on any atom is 0.225 e. The molecule has 0 aliphatic carbocycles. The van der Waals surface area contributed by atoms with E-state index in [0.717, 1.165) is 24.2 Å². The van der Waals surface area contributed by atoms with Crippen molar-refractivity contribution in [3.8, 4) is 0 Å². The molecule has 0 amide bonds. The first kappa shape index (κ1) is 14.4. The van der Waals surface area contributed by atoms with Crippen molar-refractivity contribution >= 4 is 5.95 Å². The monoisotopic (exact) mass is 274 g/mol. The van der Waals surface area contributed by atoms with Crippen LogP contribution in [-0.2, 0) is 13.1 Å². The molecular formula is C15H19FN4. The lowest BCUT2D eigenvalue weighted by Crippen LogP contribution is -2.19. The number of rotatable bonds is 6. The molecular weight excluding hydrogens is 255 g/mol. The molecule has 1 aromatic heterocycles. The highest BCUT2D eigenvalue weighted by Crippen LogP contribution is 2.11. The van der Waals surface area contributed by atoms with Gasteiger partial charge in [0.05, 0.1) is 0 Å². The van der Waals surface area contributed by atoms with Crippen LogP contribution in [0.15, 0.2) is 36.7 Å². The topological polar surface area (TPSA) is 41.1 Å². The summed E-state index contributed by atoms with van der Waals surface area (Å²) in [5, 5.41) is 3.22. The minimum Gasteiger partial charge on any atom is -0.340 e. The first-order valence-electron chi connectivity index (χ1n) is 6.66. The number of hydrogen-bond donors (Lipinski definition) is 1. The number of benzene rings is 1. The summed E-state index contributed by atoms with van der Waals surface area (Å²) in [6, 6.07) is 6.56. The SMILES string of the molecule is CCNCc1cnc(N(C)Cc2cccc(F)c2)nc1. The summed E-state index contributed by atoms with van der Waals surface area (Å²) in [7, 11) is 1.89. The molecule has 0 atom stereocenters. The van der Waals surface area contributed by atoms with Gasteiger partial charge in [0.1, 0.15) is 5.82 Å². The number of halogens is 1. The van der Waals surface area contributed by atoms with Crippen LogP contribution in [-0.4, -0.2) is 23.6 Å². The number of anilines is 1. The van der Waals surface area contributed by atoms with E-state index in [-0.39, 0.29) is 5.82 Å². The van der Waals surface area contributed by atoms with Crippen LogP contribution in [0.3, 0.4) is 0 Å². The van der Waals surface area contributed by atoms with Gasteiger partial charge in [0.2, 0.25) is 5.95 Å². The summed E-state index contributed by atoms with van der Waals surface area (Å²) in [5.41, 5.74) is 1.95. The lowest BCUT2D eigenvalue weighted by Gasteiger charge is -2.17. The fraction of sp³-hybridized carbons (Fsp3) is 0.333. The van der Waals surface area contributed by atoms with Crippen molar-refractivity contribution in [3.63, 3.8) is 0 Å². The zero-order valence-corrected chi connectivity index (χ0v) is 11.8. The zero-order valence-electron chi connectivity index (χ0n) is 11.8. The summed E-state index contributed by atoms with van der Waals surface area (Å²) in [5.74, 6) is 0.410. The minimum atomic E-state index is -0.224. The van der Waals surface area contributed by atoms with Gasteiger partial charge in [-0.25, -0.2) is 14.4 Å². The Morgan fingerprint density at radius 3 is 2.60 bits per heavy atom. The predicted octanol–water partition coefficient (Wildman–Crippen LogP) is 2.36. The van der Waals surface area contributed by atoms with Crippen LogP contribution >= 0.6 is 0 Å². The van der Waals surface area contributed by atoms with Gasteiger partial charge in [-0.1, -0.05) is 19.1 Å². The van der Waals surface area contributed by atoms with Crippen molar-refractivity contribution < 1.29 is 4.39 Å². The fourth-order valence-electron chi connectivity index (χ4n) is 1.89. The van der Waals surface area contributed by atoms with Gasteiger partial charge in [-0.15, -0.1) is 0 Å². The number of nitrogens with zero attached hydrogens (tertiary/aromatic N) is 3. The molecule has 0 saturated heterocycles. The molecule has 1 aromatic carbocycles. The van der Waals surface area contributed by atoms with Crippen molar-refractivity contribution in [3.05, 3.63) is 53.6 Å². The van der Waals surface area contributed by atoms with Gasteiger partial charge >= 0.3 is 0 Å². The van der Waals surface area contributed by atoms with Crippen molar-refractivity contribution in [1.29, 1.82) is 0 Å². The molecule has 1 N–H and O–H groups in total. The Bertz CT molecular complexity index is 542. The second-order valence-corrected chi connectivity index (χ2v) is 4.66. The molecule has 0 unspecified atom stereocenters. The van der Waals surface area contributed by atoms with E-state index in [0.29, 0.717) is 12.5 Å². The molecule has 1 heterocycles. The molecule has 0 spiro atoms. The fourth-order valence-corrected chi connectivity index (χ4v) is 1.89. The van der Waals surface area contributed by atoms with Crippen LogP contribution in [0.2, 0.25) is 0 Å². The average Bonchev–Trinajstić information content (AvgIpc) is 2.45. The molecule has 106 valence electrons. The molecule has 0 bridgehead atoms.